The van der Waals surface area contributed by atoms with Gasteiger partial charge in [-0.1, -0.05) is 12.6 Å². The lowest BCUT2D eigenvalue weighted by Crippen LogP contribution is -2.38. The van der Waals surface area contributed by atoms with Crippen molar-refractivity contribution >= 4 is 11.4 Å². The van der Waals surface area contributed by atoms with E-state index in [9.17, 15) is 19.6 Å². The Morgan fingerprint density at radius 3 is 2.76 bits per heavy atom. The summed E-state index contributed by atoms with van der Waals surface area (Å²) in [4.78, 5) is 17.9. The number of carbonyl (C=O) groups is 1. The van der Waals surface area contributed by atoms with Gasteiger partial charge < -0.3 is 14.7 Å². The van der Waals surface area contributed by atoms with Gasteiger partial charge in [-0.3, -0.25) is 14.5 Å². The number of pyridine rings is 2. The molecular formula is C27H26FN7O3. The molecule has 1 aliphatic rings. The second-order valence-corrected chi connectivity index (χ2v) is 9.08. The van der Waals surface area contributed by atoms with Gasteiger partial charge in [-0.05, 0) is 44.0 Å². The Morgan fingerprint density at radius 2 is 2.11 bits per heavy atom. The maximum atomic E-state index is 13.4. The van der Waals surface area contributed by atoms with Crippen LogP contribution in [0.4, 0.5) is 4.39 Å². The molecule has 0 radical (unpaired) electrons. The fourth-order valence-corrected chi connectivity index (χ4v) is 4.84. The molecule has 38 heavy (non-hydrogen) atoms. The zero-order valence-corrected chi connectivity index (χ0v) is 20.8. The molecule has 10 nitrogen and oxygen atoms in total. The van der Waals surface area contributed by atoms with Crippen LogP contribution in [-0.2, 0) is 4.79 Å². The lowest BCUT2D eigenvalue weighted by atomic mass is 10.0. The van der Waals surface area contributed by atoms with Crippen molar-refractivity contribution in [3.05, 3.63) is 78.3 Å². The third-order valence-corrected chi connectivity index (χ3v) is 6.84. The Bertz CT molecular complexity index is 1530. The minimum atomic E-state index is -0.872. The molecule has 4 aromatic heterocycles. The van der Waals surface area contributed by atoms with E-state index in [0.717, 1.165) is 17.5 Å². The van der Waals surface area contributed by atoms with Gasteiger partial charge in [0.1, 0.15) is 11.9 Å². The largest absolute Gasteiger partial charge is 0.464 e. The molecule has 0 unspecified atom stereocenters. The molecule has 1 fully saturated rings. The maximum absolute atomic E-state index is 13.4. The molecule has 11 heteroatoms. The van der Waals surface area contributed by atoms with Gasteiger partial charge in [-0.2, -0.15) is 10.4 Å². The van der Waals surface area contributed by atoms with Crippen LogP contribution in [0.5, 0.6) is 5.88 Å². The maximum Gasteiger partial charge on any atom is 0.245 e. The number of piperidine rings is 1. The summed E-state index contributed by atoms with van der Waals surface area (Å²) in [6.45, 7) is 6.28. The standard InChI is InChI=1S/C27H26FN7O3/c1-3-25(37)33-10-8-21(9-11-33)35-17(2)26(18-4-7-23-19(12-29)13-31-34(23)15-18)27(32-35)38-24(16-36)22-6-5-20(28)14-30-22/h3-7,13-15,21,24,36H,1,8-11,16H2,2H3/t24-/m1/s1. The summed E-state index contributed by atoms with van der Waals surface area (Å²) in [6.07, 6.45) is 6.23. The molecule has 1 saturated heterocycles. The van der Waals surface area contributed by atoms with Crippen LogP contribution < -0.4 is 4.74 Å². The zero-order chi connectivity index (χ0) is 26.8. The van der Waals surface area contributed by atoms with Gasteiger partial charge in [0, 0.05) is 30.5 Å². The lowest BCUT2D eigenvalue weighted by molar-refractivity contribution is -0.127. The van der Waals surface area contributed by atoms with Crippen molar-refractivity contribution in [1.29, 1.82) is 5.26 Å². The van der Waals surface area contributed by atoms with E-state index in [-0.39, 0.29) is 17.8 Å². The van der Waals surface area contributed by atoms with Gasteiger partial charge in [-0.15, -0.1) is 5.10 Å². The van der Waals surface area contributed by atoms with Crippen LogP contribution in [0.25, 0.3) is 16.6 Å². The first-order chi connectivity index (χ1) is 18.4. The van der Waals surface area contributed by atoms with Gasteiger partial charge in [0.05, 0.1) is 47.4 Å². The number of rotatable bonds is 7. The van der Waals surface area contributed by atoms with E-state index >= 15 is 0 Å². The first-order valence-corrected chi connectivity index (χ1v) is 12.2. The number of hydrogen-bond donors (Lipinski definition) is 1. The number of nitrogens with zero attached hydrogens (tertiary/aromatic N) is 7. The van der Waals surface area contributed by atoms with E-state index < -0.39 is 18.5 Å². The number of aromatic nitrogens is 5. The molecule has 1 atom stereocenters. The molecule has 0 saturated carbocycles. The van der Waals surface area contributed by atoms with Crippen LogP contribution in [0.2, 0.25) is 0 Å². The second-order valence-electron chi connectivity index (χ2n) is 9.08. The number of hydrogen-bond acceptors (Lipinski definition) is 7. The molecule has 0 bridgehead atoms. The predicted molar refractivity (Wildman–Crippen MR) is 136 cm³/mol. The zero-order valence-electron chi connectivity index (χ0n) is 20.8. The second kappa shape index (κ2) is 10.4. The van der Waals surface area contributed by atoms with E-state index in [2.05, 4.69) is 22.7 Å². The smallest absolute Gasteiger partial charge is 0.245 e. The van der Waals surface area contributed by atoms with Gasteiger partial charge in [0.25, 0.3) is 0 Å². The lowest BCUT2D eigenvalue weighted by Gasteiger charge is -2.32. The summed E-state index contributed by atoms with van der Waals surface area (Å²) in [5.41, 5.74) is 3.79. The topological polar surface area (TPSA) is 122 Å². The van der Waals surface area contributed by atoms with Gasteiger partial charge in [0.15, 0.2) is 6.10 Å². The van der Waals surface area contributed by atoms with Crippen molar-refractivity contribution in [3.63, 3.8) is 0 Å². The van der Waals surface area contributed by atoms with Crippen LogP contribution >= 0.6 is 0 Å². The normalized spacial score (nSPS) is 14.8. The molecule has 0 spiro atoms. The molecular weight excluding hydrogens is 489 g/mol. The van der Waals surface area contributed by atoms with Crippen LogP contribution in [0.1, 0.15) is 41.9 Å². The average Bonchev–Trinajstić information content (AvgIpc) is 3.51. The van der Waals surface area contributed by atoms with E-state index in [1.165, 1.54) is 24.4 Å². The summed E-state index contributed by atoms with van der Waals surface area (Å²) in [7, 11) is 0. The highest BCUT2D eigenvalue weighted by molar-refractivity contribution is 5.87. The highest BCUT2D eigenvalue weighted by Gasteiger charge is 2.29. The summed E-state index contributed by atoms with van der Waals surface area (Å²) in [6, 6.07) is 8.56. The SMILES string of the molecule is C=CC(=O)N1CCC(n2nc(O[C@H](CO)c3ccc(F)cn3)c(-c3ccc4c(C#N)cnn4c3)c2C)CC1. The van der Waals surface area contributed by atoms with Crippen molar-refractivity contribution in [1.82, 2.24) is 29.3 Å². The third-order valence-electron chi connectivity index (χ3n) is 6.84. The van der Waals surface area contributed by atoms with Crippen LogP contribution in [0, 0.1) is 24.1 Å². The summed E-state index contributed by atoms with van der Waals surface area (Å²) in [5, 5.41) is 28.5. The minimum absolute atomic E-state index is 0.0233. The first kappa shape index (κ1) is 25.1. The number of likely N-dealkylation sites (tertiary alicyclic amines) is 1. The fraction of sp³-hybridized carbons (Fsp3) is 0.296. The molecule has 1 N–H and O–H groups in total. The molecule has 0 aromatic carbocycles. The van der Waals surface area contributed by atoms with E-state index in [0.29, 0.717) is 48.3 Å². The summed E-state index contributed by atoms with van der Waals surface area (Å²) in [5.74, 6) is -0.298. The van der Waals surface area contributed by atoms with Crippen molar-refractivity contribution in [3.8, 4) is 23.1 Å². The number of nitriles is 1. The van der Waals surface area contributed by atoms with Crippen molar-refractivity contribution < 1.29 is 19.0 Å². The summed E-state index contributed by atoms with van der Waals surface area (Å²) < 4.78 is 23.2. The Hall–Kier alpha value is -4.56. The first-order valence-electron chi connectivity index (χ1n) is 12.2. The fourth-order valence-electron chi connectivity index (χ4n) is 4.84. The van der Waals surface area contributed by atoms with Crippen LogP contribution in [-0.4, -0.2) is 60.0 Å². The Labute approximate surface area is 218 Å². The number of amides is 1. The molecule has 0 aliphatic carbocycles. The highest BCUT2D eigenvalue weighted by Crippen LogP contribution is 2.38. The van der Waals surface area contributed by atoms with E-state index in [4.69, 9.17) is 9.84 Å². The van der Waals surface area contributed by atoms with E-state index in [1.54, 1.807) is 15.6 Å². The van der Waals surface area contributed by atoms with Crippen molar-refractivity contribution in [2.75, 3.05) is 19.7 Å². The van der Waals surface area contributed by atoms with E-state index in [1.807, 2.05) is 23.7 Å². The van der Waals surface area contributed by atoms with Crippen molar-refractivity contribution in [2.24, 2.45) is 0 Å². The molecule has 1 aliphatic heterocycles. The number of ether oxygens (including phenoxy) is 1. The number of aliphatic hydroxyl groups excluding tert-OH is 1. The number of carbonyl (C=O) groups excluding carboxylic acids is 1. The number of halogens is 1. The predicted octanol–water partition coefficient (Wildman–Crippen LogP) is 3.37. The molecule has 4 aromatic rings. The number of aliphatic hydroxyl groups is 1. The Balaban J connectivity index is 1.55. The molecule has 194 valence electrons. The Morgan fingerprint density at radius 1 is 1.32 bits per heavy atom. The third kappa shape index (κ3) is 4.62. The van der Waals surface area contributed by atoms with Gasteiger partial charge in [-0.25, -0.2) is 8.91 Å². The molecule has 5 rings (SSSR count). The average molecular weight is 516 g/mol. The molecule has 1 amide bonds. The van der Waals surface area contributed by atoms with Gasteiger partial charge >= 0.3 is 0 Å². The van der Waals surface area contributed by atoms with Crippen LogP contribution in [0.15, 0.2) is 55.5 Å². The van der Waals surface area contributed by atoms with Crippen LogP contribution in [0.3, 0.4) is 0 Å². The minimum Gasteiger partial charge on any atom is -0.464 e. The van der Waals surface area contributed by atoms with Crippen molar-refractivity contribution in [2.45, 2.75) is 31.9 Å². The quantitative estimate of drug-likeness (QED) is 0.375. The van der Waals surface area contributed by atoms with Gasteiger partial charge in [0.2, 0.25) is 11.8 Å². The molecule has 5 heterocycles. The Kier molecular flexibility index (Phi) is 6.89. The number of fused-ring (bicyclic) bond motifs is 1. The summed E-state index contributed by atoms with van der Waals surface area (Å²) >= 11 is 0. The monoisotopic (exact) mass is 515 g/mol. The highest BCUT2D eigenvalue weighted by atomic mass is 19.1.